The lowest BCUT2D eigenvalue weighted by molar-refractivity contribution is -0.0230. The molecule has 9 heteroatoms. The van der Waals surface area contributed by atoms with Crippen molar-refractivity contribution in [1.29, 1.82) is 0 Å². The third kappa shape index (κ3) is 6.30. The summed E-state index contributed by atoms with van der Waals surface area (Å²) in [7, 11) is 0. The monoisotopic (exact) mass is 517 g/mol. The van der Waals surface area contributed by atoms with Crippen LogP contribution in [-0.2, 0) is 30.9 Å². The van der Waals surface area contributed by atoms with E-state index in [1.807, 2.05) is 24.4 Å². The molecule has 6 nitrogen and oxygen atoms in total. The molecule has 2 aliphatic heterocycles. The molecule has 0 atom stereocenters. The van der Waals surface area contributed by atoms with Gasteiger partial charge in [-0.3, -0.25) is 9.69 Å². The van der Waals surface area contributed by atoms with E-state index in [2.05, 4.69) is 15.2 Å². The molecule has 1 saturated carbocycles. The molecule has 0 radical (unpaired) electrons. The Labute approximate surface area is 214 Å². The molecule has 0 saturated heterocycles. The molecule has 0 bridgehead atoms. The Morgan fingerprint density at radius 2 is 2.14 bits per heavy atom. The molecule has 36 heavy (non-hydrogen) atoms. The fourth-order valence-electron chi connectivity index (χ4n) is 5.18. The van der Waals surface area contributed by atoms with E-state index in [1.54, 1.807) is 0 Å². The van der Waals surface area contributed by atoms with Crippen molar-refractivity contribution in [3.05, 3.63) is 57.2 Å². The zero-order chi connectivity index (χ0) is 25.1. The van der Waals surface area contributed by atoms with Gasteiger partial charge in [-0.15, -0.1) is 0 Å². The average molecular weight is 518 g/mol. The number of carbonyl (C=O) groups excluding carboxylic acids is 1. The van der Waals surface area contributed by atoms with Crippen LogP contribution in [0.2, 0.25) is 0 Å². The lowest BCUT2D eigenvalue weighted by atomic mass is 9.84. The molecule has 0 unspecified atom stereocenters. The number of halogens is 2. The zero-order valence-electron chi connectivity index (χ0n) is 20.7. The summed E-state index contributed by atoms with van der Waals surface area (Å²) in [5.74, 6) is -2.23. The van der Waals surface area contributed by atoms with Crippen LogP contribution >= 0.6 is 11.3 Å². The minimum Gasteiger partial charge on any atom is -0.464 e. The molecule has 0 spiro atoms. The number of thiazole rings is 1. The molecule has 2 aromatic rings. The first kappa shape index (κ1) is 25.3. The average Bonchev–Trinajstić information content (AvgIpc) is 3.51. The minimum absolute atomic E-state index is 0.0598. The Morgan fingerprint density at radius 3 is 2.94 bits per heavy atom. The molecular weight excluding hydrogens is 484 g/mol. The number of hydrogen-bond acceptors (Lipinski definition) is 6. The zero-order valence-corrected chi connectivity index (χ0v) is 21.5. The molecule has 1 aromatic heterocycles. The maximum atomic E-state index is 13.1. The highest BCUT2D eigenvalue weighted by Crippen LogP contribution is 2.33. The van der Waals surface area contributed by atoms with Gasteiger partial charge in [-0.05, 0) is 68.2 Å². The maximum Gasteiger partial charge on any atom is 0.278 e. The van der Waals surface area contributed by atoms with Gasteiger partial charge in [-0.1, -0.05) is 29.0 Å². The first-order valence-corrected chi connectivity index (χ1v) is 13.5. The Balaban J connectivity index is 1.04. The largest absolute Gasteiger partial charge is 0.464 e. The van der Waals surface area contributed by atoms with Crippen LogP contribution in [0.3, 0.4) is 0 Å². The number of nitrogens with zero attached hydrogens (tertiary/aromatic N) is 2. The van der Waals surface area contributed by atoms with Crippen LogP contribution in [0.15, 0.2) is 30.0 Å². The number of hydrogen-bond donors (Lipinski definition) is 1. The number of aromatic nitrogens is 1. The Bertz CT molecular complexity index is 1120. The molecule has 194 valence electrons. The topological polar surface area (TPSA) is 63.7 Å². The van der Waals surface area contributed by atoms with Gasteiger partial charge in [0, 0.05) is 36.7 Å². The number of allylic oxidation sites excluding steroid dienone is 1. The van der Waals surface area contributed by atoms with Crippen LogP contribution in [0.4, 0.5) is 8.78 Å². The van der Waals surface area contributed by atoms with Crippen LogP contribution in [0.1, 0.15) is 71.1 Å². The Morgan fingerprint density at radius 1 is 1.31 bits per heavy atom. The van der Waals surface area contributed by atoms with Crippen LogP contribution in [0, 0.1) is 5.92 Å². The number of amides is 1. The smallest absolute Gasteiger partial charge is 0.278 e. The second kappa shape index (κ2) is 10.9. The van der Waals surface area contributed by atoms with Crippen molar-refractivity contribution in [2.75, 3.05) is 19.7 Å². The van der Waals surface area contributed by atoms with Crippen molar-refractivity contribution in [2.45, 2.75) is 71.1 Å². The molecule has 1 fully saturated rings. The van der Waals surface area contributed by atoms with Gasteiger partial charge in [-0.25, -0.2) is 13.8 Å². The number of benzene rings is 1. The number of nitrogens with one attached hydrogen (secondary N) is 1. The van der Waals surface area contributed by atoms with Crippen molar-refractivity contribution in [3.63, 3.8) is 0 Å². The summed E-state index contributed by atoms with van der Waals surface area (Å²) in [6, 6.07) is 5.80. The predicted molar refractivity (Wildman–Crippen MR) is 134 cm³/mol. The van der Waals surface area contributed by atoms with E-state index in [4.69, 9.17) is 9.47 Å². The van der Waals surface area contributed by atoms with Gasteiger partial charge in [0.2, 0.25) is 0 Å². The normalized spacial score (nSPS) is 20.1. The summed E-state index contributed by atoms with van der Waals surface area (Å²) in [6.45, 7) is 4.05. The van der Waals surface area contributed by atoms with E-state index < -0.39 is 12.5 Å². The summed E-state index contributed by atoms with van der Waals surface area (Å²) in [5, 5.41) is 3.36. The van der Waals surface area contributed by atoms with Gasteiger partial charge in [0.05, 0.1) is 18.9 Å². The highest BCUT2D eigenvalue weighted by molar-refractivity contribution is 7.13. The summed E-state index contributed by atoms with van der Waals surface area (Å²) in [4.78, 5) is 20.7. The van der Waals surface area contributed by atoms with E-state index in [-0.39, 0.29) is 5.91 Å². The lowest BCUT2D eigenvalue weighted by Gasteiger charge is -2.29. The van der Waals surface area contributed by atoms with Gasteiger partial charge < -0.3 is 14.8 Å². The number of rotatable bonds is 8. The molecule has 1 N–H and O–H groups in total. The van der Waals surface area contributed by atoms with Gasteiger partial charge in [0.25, 0.3) is 17.0 Å². The highest BCUT2D eigenvalue weighted by Gasteiger charge is 2.26. The number of fused-ring (bicyclic) bond motifs is 2. The van der Waals surface area contributed by atoms with E-state index in [9.17, 15) is 13.6 Å². The minimum atomic E-state index is -2.85. The number of carbonyl (C=O) groups is 1. The van der Waals surface area contributed by atoms with E-state index >= 15 is 0 Å². The quantitative estimate of drug-likeness (QED) is 0.504. The highest BCUT2D eigenvalue weighted by atomic mass is 32.1. The third-order valence-corrected chi connectivity index (χ3v) is 8.34. The molecule has 1 aliphatic carbocycles. The predicted octanol–water partition coefficient (Wildman–Crippen LogP) is 5.46. The maximum absolute atomic E-state index is 13.1. The van der Waals surface area contributed by atoms with Crippen LogP contribution < -0.4 is 10.1 Å². The fraction of sp³-hybridized carbons (Fsp3) is 0.556. The number of ether oxygens (including phenoxy) is 2. The molecule has 3 heterocycles. The third-order valence-electron chi connectivity index (χ3n) is 7.27. The van der Waals surface area contributed by atoms with Crippen molar-refractivity contribution < 1.29 is 23.0 Å². The molecule has 5 rings (SSSR count). The van der Waals surface area contributed by atoms with E-state index in [1.165, 1.54) is 16.9 Å². The van der Waals surface area contributed by atoms with Gasteiger partial charge >= 0.3 is 0 Å². The second-order valence-corrected chi connectivity index (χ2v) is 11.2. The van der Waals surface area contributed by atoms with Gasteiger partial charge in [0.1, 0.15) is 0 Å². The molecule has 1 amide bonds. The fourth-order valence-corrected chi connectivity index (χ4v) is 6.08. The van der Waals surface area contributed by atoms with Crippen LogP contribution in [0.5, 0.6) is 5.19 Å². The summed E-state index contributed by atoms with van der Waals surface area (Å²) < 4.78 is 36.8. The lowest BCUT2D eigenvalue weighted by Crippen LogP contribution is -2.32. The Kier molecular flexibility index (Phi) is 7.69. The molecular formula is C27H33F2N3O3S. The summed E-state index contributed by atoms with van der Waals surface area (Å²) >= 11 is 1.40. The van der Waals surface area contributed by atoms with Crippen LogP contribution in [0.25, 0.3) is 0 Å². The standard InChI is InChI=1S/C27H33F2N3O3S/c1-27(28,29)17-35-26-31-23-14-32(12-10-24(23)36-26)11-9-18-5-7-19(8-6-18)13-30-25(33)21-4-2-3-20-15-34-16-22(20)21/h2-4,13,18H,5-12,14-17H2,1H3,(H,30,33). The van der Waals surface area contributed by atoms with Gasteiger partial charge in [0.15, 0.2) is 6.61 Å². The van der Waals surface area contributed by atoms with Crippen LogP contribution in [-0.4, -0.2) is 41.4 Å². The van der Waals surface area contributed by atoms with Gasteiger partial charge in [-0.2, -0.15) is 0 Å². The van der Waals surface area contributed by atoms with Crippen molar-refractivity contribution in [2.24, 2.45) is 5.92 Å². The summed E-state index contributed by atoms with van der Waals surface area (Å²) in [6.07, 6.45) is 8.24. The second-order valence-electron chi connectivity index (χ2n) is 10.2. The van der Waals surface area contributed by atoms with Crippen molar-refractivity contribution in [3.8, 4) is 5.19 Å². The first-order valence-electron chi connectivity index (χ1n) is 12.7. The molecule has 1 aromatic carbocycles. The molecule has 3 aliphatic rings. The SMILES string of the molecule is CC(F)(F)COc1nc2c(s1)CCN(CCC1CCC(=CNC(=O)c3cccc4c3COC4)CC1)C2. The summed E-state index contributed by atoms with van der Waals surface area (Å²) in [5.41, 5.74) is 5.10. The number of alkyl halides is 2. The van der Waals surface area contributed by atoms with Crippen molar-refractivity contribution >= 4 is 17.2 Å². The van der Waals surface area contributed by atoms with Crippen molar-refractivity contribution in [1.82, 2.24) is 15.2 Å². The van der Waals surface area contributed by atoms with E-state index in [0.717, 1.165) is 86.8 Å². The Hall–Kier alpha value is -2.36. The first-order chi connectivity index (χ1) is 17.3. The van der Waals surface area contributed by atoms with E-state index in [0.29, 0.717) is 29.9 Å².